The van der Waals surface area contributed by atoms with Gasteiger partial charge in [-0.15, -0.1) is 6.58 Å². The van der Waals surface area contributed by atoms with Gasteiger partial charge in [0.05, 0.1) is 0 Å². The maximum Gasteiger partial charge on any atom is 0.0342 e. The van der Waals surface area contributed by atoms with Crippen LogP contribution in [0.5, 0.6) is 0 Å². The molecule has 0 fully saturated rings. The monoisotopic (exact) mass is 147 g/mol. The molecule has 1 heteroatoms. The molecule has 1 nitrogen and oxygen atoms in total. The lowest BCUT2D eigenvalue weighted by Crippen LogP contribution is -1.96. The van der Waals surface area contributed by atoms with Crippen LogP contribution in [0.25, 0.3) is 0 Å². The summed E-state index contributed by atoms with van der Waals surface area (Å²) in [6.07, 6.45) is 1.85. The van der Waals surface area contributed by atoms with E-state index in [4.69, 9.17) is 0 Å². The van der Waals surface area contributed by atoms with Crippen molar-refractivity contribution in [2.24, 2.45) is 0 Å². The van der Waals surface area contributed by atoms with Gasteiger partial charge >= 0.3 is 0 Å². The fourth-order valence-electron chi connectivity index (χ4n) is 0.861. The molecule has 0 aliphatic carbocycles. The Morgan fingerprint density at radius 1 is 1.36 bits per heavy atom. The highest BCUT2D eigenvalue weighted by Gasteiger charge is 1.86. The number of anilines is 1. The molecule has 0 atom stereocenters. The molecule has 0 amide bonds. The van der Waals surface area contributed by atoms with E-state index in [1.807, 2.05) is 6.08 Å². The van der Waals surface area contributed by atoms with Gasteiger partial charge in [0, 0.05) is 12.2 Å². The number of benzene rings is 1. The van der Waals surface area contributed by atoms with E-state index in [9.17, 15) is 0 Å². The molecule has 1 aromatic carbocycles. The first-order valence-corrected chi connectivity index (χ1v) is 3.74. The summed E-state index contributed by atoms with van der Waals surface area (Å²) in [5.74, 6) is 0. The number of aryl methyl sites for hydroxylation is 1. The fourth-order valence-corrected chi connectivity index (χ4v) is 0.861. The Kier molecular flexibility index (Phi) is 2.73. The van der Waals surface area contributed by atoms with Crippen LogP contribution in [0.1, 0.15) is 5.56 Å². The Labute approximate surface area is 67.8 Å². The summed E-state index contributed by atoms with van der Waals surface area (Å²) in [7, 11) is 0. The van der Waals surface area contributed by atoms with E-state index in [0.29, 0.717) is 0 Å². The van der Waals surface area contributed by atoms with Crippen molar-refractivity contribution in [3.05, 3.63) is 42.5 Å². The molecule has 11 heavy (non-hydrogen) atoms. The predicted octanol–water partition coefficient (Wildman–Crippen LogP) is 2.59. The van der Waals surface area contributed by atoms with Crippen LogP contribution in [-0.2, 0) is 0 Å². The Morgan fingerprint density at radius 2 is 2.00 bits per heavy atom. The molecule has 0 bridgehead atoms. The lowest BCUT2D eigenvalue weighted by atomic mass is 10.2. The summed E-state index contributed by atoms with van der Waals surface area (Å²) in [6.45, 7) is 6.53. The first-order valence-electron chi connectivity index (χ1n) is 3.74. The molecule has 0 aromatic heterocycles. The summed E-state index contributed by atoms with van der Waals surface area (Å²) in [5.41, 5.74) is 2.43. The molecular weight excluding hydrogens is 134 g/mol. The molecule has 0 aliphatic heterocycles. The van der Waals surface area contributed by atoms with Gasteiger partial charge in [0.2, 0.25) is 0 Å². The maximum atomic E-state index is 3.63. The Hall–Kier alpha value is -1.24. The zero-order valence-electron chi connectivity index (χ0n) is 6.80. The first kappa shape index (κ1) is 7.86. The minimum Gasteiger partial charge on any atom is -0.382 e. The van der Waals surface area contributed by atoms with Crippen molar-refractivity contribution < 1.29 is 0 Å². The largest absolute Gasteiger partial charge is 0.382 e. The molecule has 0 spiro atoms. The molecule has 58 valence electrons. The standard InChI is InChI=1S/C10H13N/c1-3-8-11-10-6-4-9(2)5-7-10/h3-7,11H,1,8H2,2H3. The SMILES string of the molecule is C=CCNc1ccc(C)cc1. The lowest BCUT2D eigenvalue weighted by molar-refractivity contribution is 1.33. The third-order valence-electron chi connectivity index (χ3n) is 1.50. The van der Waals surface area contributed by atoms with E-state index in [2.05, 4.69) is 43.1 Å². The summed E-state index contributed by atoms with van der Waals surface area (Å²) in [6, 6.07) is 8.31. The van der Waals surface area contributed by atoms with Crippen molar-refractivity contribution in [3.63, 3.8) is 0 Å². The van der Waals surface area contributed by atoms with Crippen molar-refractivity contribution in [1.29, 1.82) is 0 Å². The molecule has 0 heterocycles. The number of hydrogen-bond donors (Lipinski definition) is 1. The van der Waals surface area contributed by atoms with Gasteiger partial charge in [0.15, 0.2) is 0 Å². The van der Waals surface area contributed by atoms with Gasteiger partial charge in [-0.1, -0.05) is 23.8 Å². The summed E-state index contributed by atoms with van der Waals surface area (Å²) < 4.78 is 0. The molecule has 0 saturated heterocycles. The fraction of sp³-hybridized carbons (Fsp3) is 0.200. The molecular formula is C10H13N. The maximum absolute atomic E-state index is 3.63. The van der Waals surface area contributed by atoms with Crippen molar-refractivity contribution in [1.82, 2.24) is 0 Å². The van der Waals surface area contributed by atoms with Crippen LogP contribution in [0, 0.1) is 6.92 Å². The summed E-state index contributed by atoms with van der Waals surface area (Å²) in [4.78, 5) is 0. The van der Waals surface area contributed by atoms with E-state index in [0.717, 1.165) is 12.2 Å². The molecule has 0 radical (unpaired) electrons. The van der Waals surface area contributed by atoms with Gasteiger partial charge in [0.1, 0.15) is 0 Å². The highest BCUT2D eigenvalue weighted by atomic mass is 14.8. The van der Waals surface area contributed by atoms with Crippen LogP contribution in [0.4, 0.5) is 5.69 Å². The molecule has 1 aromatic rings. The lowest BCUT2D eigenvalue weighted by Gasteiger charge is -2.02. The third kappa shape index (κ3) is 2.46. The van der Waals surface area contributed by atoms with E-state index in [1.54, 1.807) is 0 Å². The van der Waals surface area contributed by atoms with E-state index >= 15 is 0 Å². The molecule has 1 rings (SSSR count). The Balaban J connectivity index is 2.58. The van der Waals surface area contributed by atoms with Crippen LogP contribution in [0.15, 0.2) is 36.9 Å². The first-order chi connectivity index (χ1) is 5.33. The Morgan fingerprint density at radius 3 is 2.55 bits per heavy atom. The minimum absolute atomic E-state index is 0.822. The van der Waals surface area contributed by atoms with Gasteiger partial charge in [-0.2, -0.15) is 0 Å². The second kappa shape index (κ2) is 3.81. The van der Waals surface area contributed by atoms with Crippen LogP contribution < -0.4 is 5.32 Å². The zero-order chi connectivity index (χ0) is 8.10. The van der Waals surface area contributed by atoms with Crippen LogP contribution >= 0.6 is 0 Å². The third-order valence-corrected chi connectivity index (χ3v) is 1.50. The normalized spacial score (nSPS) is 9.18. The zero-order valence-corrected chi connectivity index (χ0v) is 6.80. The van der Waals surface area contributed by atoms with E-state index < -0.39 is 0 Å². The van der Waals surface area contributed by atoms with Crippen molar-refractivity contribution >= 4 is 5.69 Å². The van der Waals surface area contributed by atoms with Crippen molar-refractivity contribution in [2.75, 3.05) is 11.9 Å². The van der Waals surface area contributed by atoms with Crippen LogP contribution in [0.3, 0.4) is 0 Å². The van der Waals surface area contributed by atoms with Crippen LogP contribution in [0.2, 0.25) is 0 Å². The average molecular weight is 147 g/mol. The average Bonchev–Trinajstić information content (AvgIpc) is 2.04. The summed E-state index contributed by atoms with van der Waals surface area (Å²) in [5, 5.41) is 3.20. The molecule has 0 aliphatic rings. The van der Waals surface area contributed by atoms with E-state index in [-0.39, 0.29) is 0 Å². The number of nitrogens with one attached hydrogen (secondary N) is 1. The van der Waals surface area contributed by atoms with E-state index in [1.165, 1.54) is 5.56 Å². The van der Waals surface area contributed by atoms with Crippen molar-refractivity contribution in [3.8, 4) is 0 Å². The number of hydrogen-bond acceptors (Lipinski definition) is 1. The smallest absolute Gasteiger partial charge is 0.0342 e. The second-order valence-electron chi connectivity index (χ2n) is 2.54. The second-order valence-corrected chi connectivity index (χ2v) is 2.54. The Bertz CT molecular complexity index is 223. The number of rotatable bonds is 3. The predicted molar refractivity (Wildman–Crippen MR) is 49.9 cm³/mol. The van der Waals surface area contributed by atoms with Gasteiger partial charge < -0.3 is 5.32 Å². The van der Waals surface area contributed by atoms with Crippen LogP contribution in [-0.4, -0.2) is 6.54 Å². The van der Waals surface area contributed by atoms with Gasteiger partial charge in [-0.05, 0) is 19.1 Å². The highest BCUT2D eigenvalue weighted by molar-refractivity contribution is 5.44. The minimum atomic E-state index is 0.822. The molecule has 0 unspecified atom stereocenters. The quantitative estimate of drug-likeness (QED) is 0.648. The van der Waals surface area contributed by atoms with Gasteiger partial charge in [0.25, 0.3) is 0 Å². The molecule has 0 saturated carbocycles. The highest BCUT2D eigenvalue weighted by Crippen LogP contribution is 2.07. The van der Waals surface area contributed by atoms with Gasteiger partial charge in [-0.3, -0.25) is 0 Å². The summed E-state index contributed by atoms with van der Waals surface area (Å²) >= 11 is 0. The topological polar surface area (TPSA) is 12.0 Å². The van der Waals surface area contributed by atoms with Crippen molar-refractivity contribution in [2.45, 2.75) is 6.92 Å². The van der Waals surface area contributed by atoms with Gasteiger partial charge in [-0.25, -0.2) is 0 Å². The molecule has 1 N–H and O–H groups in total.